The first-order valence-electron chi connectivity index (χ1n) is 4.19. The Kier molecular flexibility index (Phi) is 3.51. The maximum Gasteiger partial charge on any atom is 0.345 e. The summed E-state index contributed by atoms with van der Waals surface area (Å²) < 4.78 is 29.6. The smallest absolute Gasteiger partial charge is 0.345 e. The van der Waals surface area contributed by atoms with Gasteiger partial charge in [0.05, 0.1) is 17.6 Å². The predicted octanol–water partition coefficient (Wildman–Crippen LogP) is 1.30. The Bertz CT molecular complexity index is 478. The van der Waals surface area contributed by atoms with Crippen LogP contribution in [-0.2, 0) is 4.74 Å². The van der Waals surface area contributed by atoms with Gasteiger partial charge >= 0.3 is 11.7 Å². The molecule has 0 spiro atoms. The second-order valence-electron chi connectivity index (χ2n) is 2.87. The molecular formula is C8H7F2N3O4. The second kappa shape index (κ2) is 4.68. The van der Waals surface area contributed by atoms with Crippen LogP contribution >= 0.6 is 0 Å². The van der Waals surface area contributed by atoms with Crippen LogP contribution in [0.1, 0.15) is 22.3 Å². The number of carbonyl (C=O) groups excluding carboxylic acids is 1. The van der Waals surface area contributed by atoms with Crippen LogP contribution in [0.15, 0.2) is 6.20 Å². The van der Waals surface area contributed by atoms with E-state index in [0.29, 0.717) is 6.20 Å². The van der Waals surface area contributed by atoms with Crippen LogP contribution in [0.2, 0.25) is 0 Å². The highest BCUT2D eigenvalue weighted by molar-refractivity contribution is 5.96. The van der Waals surface area contributed by atoms with Gasteiger partial charge in [-0.25, -0.2) is 18.6 Å². The zero-order valence-electron chi connectivity index (χ0n) is 8.52. The number of ether oxygens (including phenoxy) is 1. The van der Waals surface area contributed by atoms with E-state index in [0.717, 1.165) is 7.11 Å². The van der Waals surface area contributed by atoms with Crippen LogP contribution in [0.4, 0.5) is 20.3 Å². The van der Waals surface area contributed by atoms with Crippen molar-refractivity contribution in [2.45, 2.75) is 6.43 Å². The summed E-state index contributed by atoms with van der Waals surface area (Å²) in [5, 5.41) is 10.6. The molecule has 9 heteroatoms. The number of nitrogen functional groups attached to an aromatic ring is 1. The fourth-order valence-corrected chi connectivity index (χ4v) is 1.21. The van der Waals surface area contributed by atoms with Crippen LogP contribution in [0.3, 0.4) is 0 Å². The lowest BCUT2D eigenvalue weighted by Gasteiger charge is -2.09. The summed E-state index contributed by atoms with van der Waals surface area (Å²) >= 11 is 0. The van der Waals surface area contributed by atoms with Crippen LogP contribution in [-0.4, -0.2) is 23.0 Å². The summed E-state index contributed by atoms with van der Waals surface area (Å²) in [4.78, 5) is 24.1. The number of hydrogen-bond acceptors (Lipinski definition) is 6. The minimum atomic E-state index is -3.17. The Morgan fingerprint density at radius 2 is 2.24 bits per heavy atom. The van der Waals surface area contributed by atoms with Crippen LogP contribution in [0.5, 0.6) is 0 Å². The minimum absolute atomic E-state index is 0.632. The molecule has 0 saturated carbocycles. The lowest BCUT2D eigenvalue weighted by Crippen LogP contribution is -2.13. The molecular weight excluding hydrogens is 240 g/mol. The number of alkyl halides is 2. The van der Waals surface area contributed by atoms with Gasteiger partial charge in [0.15, 0.2) is 5.56 Å². The van der Waals surface area contributed by atoms with Gasteiger partial charge in [-0.15, -0.1) is 0 Å². The van der Waals surface area contributed by atoms with Crippen molar-refractivity contribution in [1.29, 1.82) is 0 Å². The lowest BCUT2D eigenvalue weighted by molar-refractivity contribution is -0.385. The average Bonchev–Trinajstić information content (AvgIpc) is 2.26. The van der Waals surface area contributed by atoms with Gasteiger partial charge in [0, 0.05) is 0 Å². The van der Waals surface area contributed by atoms with E-state index in [4.69, 9.17) is 5.73 Å². The molecule has 0 aliphatic rings. The molecule has 1 aromatic heterocycles. The first-order valence-corrected chi connectivity index (χ1v) is 4.19. The van der Waals surface area contributed by atoms with Crippen molar-refractivity contribution >= 4 is 17.5 Å². The quantitative estimate of drug-likeness (QED) is 0.489. The number of rotatable bonds is 3. The Hall–Kier alpha value is -2.32. The summed E-state index contributed by atoms with van der Waals surface area (Å²) in [5.41, 5.74) is 2.42. The van der Waals surface area contributed by atoms with E-state index in [2.05, 4.69) is 9.72 Å². The number of pyridine rings is 1. The molecule has 0 fully saturated rings. The topological polar surface area (TPSA) is 108 Å². The molecule has 0 bridgehead atoms. The third-order valence-electron chi connectivity index (χ3n) is 1.93. The van der Waals surface area contributed by atoms with Crippen molar-refractivity contribution in [2.24, 2.45) is 0 Å². The van der Waals surface area contributed by atoms with Crippen LogP contribution in [0.25, 0.3) is 0 Å². The van der Waals surface area contributed by atoms with Gasteiger partial charge in [0.25, 0.3) is 6.43 Å². The summed E-state index contributed by atoms with van der Waals surface area (Å²) in [7, 11) is 0.915. The number of methoxy groups -OCH3 is 1. The van der Waals surface area contributed by atoms with E-state index >= 15 is 0 Å². The van der Waals surface area contributed by atoms with Crippen LogP contribution in [0, 0.1) is 10.1 Å². The summed E-state index contributed by atoms with van der Waals surface area (Å²) in [6.07, 6.45) is -2.54. The largest absolute Gasteiger partial charge is 0.465 e. The van der Waals surface area contributed by atoms with Crippen molar-refractivity contribution in [3.63, 3.8) is 0 Å². The molecule has 0 radical (unpaired) electrons. The van der Waals surface area contributed by atoms with Crippen molar-refractivity contribution < 1.29 is 23.2 Å². The fraction of sp³-hybridized carbons (Fsp3) is 0.250. The molecule has 0 aliphatic carbocycles. The molecule has 0 aromatic carbocycles. The zero-order chi connectivity index (χ0) is 13.2. The monoisotopic (exact) mass is 247 g/mol. The molecule has 2 N–H and O–H groups in total. The van der Waals surface area contributed by atoms with Gasteiger partial charge in [-0.2, -0.15) is 0 Å². The molecule has 92 valence electrons. The third-order valence-corrected chi connectivity index (χ3v) is 1.93. The van der Waals surface area contributed by atoms with Gasteiger partial charge < -0.3 is 10.5 Å². The molecule has 0 aliphatic heterocycles. The second-order valence-corrected chi connectivity index (χ2v) is 2.87. The Labute approximate surface area is 93.3 Å². The van der Waals surface area contributed by atoms with Gasteiger partial charge in [0.2, 0.25) is 0 Å². The molecule has 1 heterocycles. The molecule has 0 saturated heterocycles. The predicted molar refractivity (Wildman–Crippen MR) is 51.6 cm³/mol. The van der Waals surface area contributed by atoms with E-state index in [1.165, 1.54) is 0 Å². The fourth-order valence-electron chi connectivity index (χ4n) is 1.21. The molecule has 0 amide bonds. The van der Waals surface area contributed by atoms with Crippen molar-refractivity contribution in [1.82, 2.24) is 4.98 Å². The van der Waals surface area contributed by atoms with Crippen molar-refractivity contribution in [2.75, 3.05) is 12.8 Å². The van der Waals surface area contributed by atoms with Crippen molar-refractivity contribution in [3.8, 4) is 0 Å². The Morgan fingerprint density at radius 3 is 2.65 bits per heavy atom. The maximum atomic E-state index is 12.7. The standard InChI is InChI=1S/C8H7F2N3O4/c1-17-8(14)4-3(13(15)16)2-12-7(11)5(4)6(9)10/h2,6H,1H3,(H2,11,12). The van der Waals surface area contributed by atoms with E-state index < -0.39 is 40.0 Å². The van der Waals surface area contributed by atoms with Crippen molar-refractivity contribution in [3.05, 3.63) is 27.4 Å². The first-order chi connectivity index (χ1) is 7.90. The number of carbonyl (C=O) groups is 1. The number of anilines is 1. The Morgan fingerprint density at radius 1 is 1.65 bits per heavy atom. The first kappa shape index (κ1) is 12.7. The Balaban J connectivity index is 3.61. The van der Waals surface area contributed by atoms with Gasteiger partial charge in [0.1, 0.15) is 12.0 Å². The highest BCUT2D eigenvalue weighted by atomic mass is 19.3. The molecule has 0 atom stereocenters. The van der Waals surface area contributed by atoms with E-state index in [-0.39, 0.29) is 0 Å². The number of hydrogen-bond donors (Lipinski definition) is 1. The van der Waals surface area contributed by atoms with Gasteiger partial charge in [-0.3, -0.25) is 10.1 Å². The normalized spacial score (nSPS) is 10.4. The lowest BCUT2D eigenvalue weighted by atomic mass is 10.1. The summed E-state index contributed by atoms with van der Waals surface area (Å²) in [6, 6.07) is 0. The molecule has 7 nitrogen and oxygen atoms in total. The number of esters is 1. The van der Waals surface area contributed by atoms with Gasteiger partial charge in [-0.05, 0) is 0 Å². The van der Waals surface area contributed by atoms with Crippen LogP contribution < -0.4 is 5.73 Å². The zero-order valence-corrected chi connectivity index (χ0v) is 8.52. The third kappa shape index (κ3) is 2.27. The highest BCUT2D eigenvalue weighted by Gasteiger charge is 2.31. The van der Waals surface area contributed by atoms with E-state index in [1.54, 1.807) is 0 Å². The number of nitrogens with two attached hydrogens (primary N) is 1. The molecule has 1 aromatic rings. The average molecular weight is 247 g/mol. The minimum Gasteiger partial charge on any atom is -0.465 e. The maximum absolute atomic E-state index is 12.7. The van der Waals surface area contributed by atoms with E-state index in [1.807, 2.05) is 0 Å². The molecule has 17 heavy (non-hydrogen) atoms. The molecule has 0 unspecified atom stereocenters. The SMILES string of the molecule is COC(=O)c1c([N+](=O)[O-])cnc(N)c1C(F)F. The van der Waals surface area contributed by atoms with Gasteiger partial charge in [-0.1, -0.05) is 0 Å². The summed E-state index contributed by atoms with van der Waals surface area (Å²) in [5.74, 6) is -1.91. The molecule has 1 rings (SSSR count). The summed E-state index contributed by atoms with van der Waals surface area (Å²) in [6.45, 7) is 0. The number of halogens is 2. The number of aromatic nitrogens is 1. The van der Waals surface area contributed by atoms with E-state index in [9.17, 15) is 23.7 Å². The number of nitrogens with zero attached hydrogens (tertiary/aromatic N) is 2. The number of nitro groups is 1. The highest BCUT2D eigenvalue weighted by Crippen LogP contribution is 2.33.